The lowest BCUT2D eigenvalue weighted by Crippen LogP contribution is -2.20. The molecule has 0 saturated carbocycles. The first-order valence-corrected chi connectivity index (χ1v) is 15.5. The number of rotatable bonds is 10. The second kappa shape index (κ2) is 12.7. The summed E-state index contributed by atoms with van der Waals surface area (Å²) in [4.78, 5) is 17.8. The summed E-state index contributed by atoms with van der Waals surface area (Å²) in [5.74, 6) is -1.54. The molecule has 0 aliphatic rings. The molecule has 0 aliphatic carbocycles. The molecule has 0 aliphatic heterocycles. The van der Waals surface area contributed by atoms with Crippen molar-refractivity contribution in [3.8, 4) is 22.8 Å². The topological polar surface area (TPSA) is 120 Å². The van der Waals surface area contributed by atoms with Gasteiger partial charge in [-0.15, -0.1) is 0 Å². The van der Waals surface area contributed by atoms with Gasteiger partial charge in [0.25, 0.3) is 5.91 Å². The number of pyridine rings is 1. The van der Waals surface area contributed by atoms with Crippen molar-refractivity contribution in [3.05, 3.63) is 89.1 Å². The standard InChI is InChI=1S/C33H37N3O5S/c1-6-8-13-28-29(36(7-2)24-19-21(3)18-22(4)20-24)30(37)31(33(39)35-28)42(40,41)25-16-14-23(15-17-25)26-11-9-10-12-27(26)32(38)34-5/h9-12,14-20H,6-8,13H2,1-5H3,(H,34,38)(H2,35,37,39). The van der Waals surface area contributed by atoms with E-state index in [1.54, 1.807) is 43.4 Å². The Labute approximate surface area is 247 Å². The van der Waals surface area contributed by atoms with Gasteiger partial charge in [0.1, 0.15) is 5.69 Å². The Kier molecular flexibility index (Phi) is 9.21. The maximum absolute atomic E-state index is 13.9. The first-order valence-electron chi connectivity index (χ1n) is 14.0. The number of hydrogen-bond donors (Lipinski definition) is 3. The number of aryl methyl sites for hydroxylation is 3. The van der Waals surface area contributed by atoms with Crippen LogP contribution in [0.5, 0.6) is 11.6 Å². The molecule has 1 amide bonds. The predicted octanol–water partition coefficient (Wildman–Crippen LogP) is 6.47. The van der Waals surface area contributed by atoms with Crippen LogP contribution in [0, 0.1) is 13.8 Å². The first-order chi connectivity index (χ1) is 20.0. The minimum absolute atomic E-state index is 0.127. The third-order valence-corrected chi connectivity index (χ3v) is 8.98. The quantitative estimate of drug-likeness (QED) is 0.195. The largest absolute Gasteiger partial charge is 0.504 e. The Morgan fingerprint density at radius 1 is 0.952 bits per heavy atom. The number of unbranched alkanes of at least 4 members (excludes halogenated alkanes) is 1. The zero-order chi connectivity index (χ0) is 30.6. The van der Waals surface area contributed by atoms with Gasteiger partial charge in [0.2, 0.25) is 15.7 Å². The van der Waals surface area contributed by atoms with E-state index < -0.39 is 26.4 Å². The number of anilines is 2. The monoisotopic (exact) mass is 587 g/mol. The number of nitrogens with one attached hydrogen (secondary N) is 1. The van der Waals surface area contributed by atoms with Crippen molar-refractivity contribution < 1.29 is 23.4 Å². The van der Waals surface area contributed by atoms with Crippen molar-refractivity contribution in [2.45, 2.75) is 56.7 Å². The Hall–Kier alpha value is -4.37. The number of aromatic nitrogens is 1. The van der Waals surface area contributed by atoms with Gasteiger partial charge in [-0.1, -0.05) is 49.7 Å². The van der Waals surface area contributed by atoms with E-state index >= 15 is 0 Å². The molecular weight excluding hydrogens is 550 g/mol. The van der Waals surface area contributed by atoms with Crippen molar-refractivity contribution in [1.29, 1.82) is 0 Å². The van der Waals surface area contributed by atoms with E-state index in [4.69, 9.17) is 0 Å². The van der Waals surface area contributed by atoms with E-state index in [2.05, 4.69) is 10.3 Å². The van der Waals surface area contributed by atoms with Crippen LogP contribution in [0.4, 0.5) is 11.4 Å². The average Bonchev–Trinajstić information content (AvgIpc) is 2.96. The number of amides is 1. The minimum atomic E-state index is -4.40. The molecule has 220 valence electrons. The fourth-order valence-electron chi connectivity index (χ4n) is 5.21. The lowest BCUT2D eigenvalue weighted by atomic mass is 9.99. The summed E-state index contributed by atoms with van der Waals surface area (Å²) in [6, 6.07) is 19.0. The van der Waals surface area contributed by atoms with Crippen molar-refractivity contribution in [3.63, 3.8) is 0 Å². The van der Waals surface area contributed by atoms with Crippen LogP contribution in [-0.2, 0) is 16.3 Å². The highest BCUT2D eigenvalue weighted by Crippen LogP contribution is 2.46. The highest BCUT2D eigenvalue weighted by molar-refractivity contribution is 7.91. The molecule has 1 heterocycles. The predicted molar refractivity (Wildman–Crippen MR) is 165 cm³/mol. The van der Waals surface area contributed by atoms with Gasteiger partial charge in [0, 0.05) is 24.8 Å². The number of sulfone groups is 1. The molecule has 4 aromatic rings. The van der Waals surface area contributed by atoms with Crippen LogP contribution in [0.1, 0.15) is 53.9 Å². The number of benzene rings is 3. The highest BCUT2D eigenvalue weighted by atomic mass is 32.2. The van der Waals surface area contributed by atoms with Crippen LogP contribution in [0.15, 0.2) is 76.5 Å². The lowest BCUT2D eigenvalue weighted by molar-refractivity contribution is 0.0963. The summed E-state index contributed by atoms with van der Waals surface area (Å²) in [6.45, 7) is 8.32. The van der Waals surface area contributed by atoms with E-state index in [1.807, 2.05) is 50.8 Å². The Balaban J connectivity index is 1.86. The number of nitrogens with zero attached hydrogens (tertiary/aromatic N) is 2. The molecule has 0 fully saturated rings. The maximum atomic E-state index is 13.9. The molecule has 42 heavy (non-hydrogen) atoms. The molecule has 9 heteroatoms. The van der Waals surface area contributed by atoms with Gasteiger partial charge in [0.15, 0.2) is 10.6 Å². The Bertz CT molecular complexity index is 1700. The molecule has 0 atom stereocenters. The Morgan fingerprint density at radius 2 is 1.60 bits per heavy atom. The second-order valence-electron chi connectivity index (χ2n) is 10.3. The fraction of sp³-hybridized carbons (Fsp3) is 0.273. The van der Waals surface area contributed by atoms with Crippen LogP contribution >= 0.6 is 0 Å². The van der Waals surface area contributed by atoms with Gasteiger partial charge >= 0.3 is 0 Å². The number of aromatic hydroxyl groups is 2. The molecule has 3 N–H and O–H groups in total. The van der Waals surface area contributed by atoms with E-state index in [9.17, 15) is 23.4 Å². The van der Waals surface area contributed by atoms with Crippen molar-refractivity contribution in [2.75, 3.05) is 18.5 Å². The summed E-state index contributed by atoms with van der Waals surface area (Å²) < 4.78 is 27.9. The molecule has 0 bridgehead atoms. The summed E-state index contributed by atoms with van der Waals surface area (Å²) in [5, 5.41) is 25.2. The molecule has 4 rings (SSSR count). The molecule has 8 nitrogen and oxygen atoms in total. The minimum Gasteiger partial charge on any atom is -0.504 e. The number of carbonyl (C=O) groups excluding carboxylic acids is 1. The molecular formula is C33H37N3O5S. The number of hydrogen-bond acceptors (Lipinski definition) is 7. The van der Waals surface area contributed by atoms with Crippen molar-refractivity contribution in [1.82, 2.24) is 10.3 Å². The zero-order valence-electron chi connectivity index (χ0n) is 24.6. The maximum Gasteiger partial charge on any atom is 0.251 e. The van der Waals surface area contributed by atoms with E-state index in [0.717, 1.165) is 29.7 Å². The van der Waals surface area contributed by atoms with Crippen LogP contribution in [0.3, 0.4) is 0 Å². The van der Waals surface area contributed by atoms with Gasteiger partial charge in [-0.2, -0.15) is 0 Å². The van der Waals surface area contributed by atoms with Crippen molar-refractivity contribution in [2.24, 2.45) is 0 Å². The molecule has 0 unspecified atom stereocenters. The smallest absolute Gasteiger partial charge is 0.251 e. The Morgan fingerprint density at radius 3 is 2.19 bits per heavy atom. The second-order valence-corrected chi connectivity index (χ2v) is 12.1. The van der Waals surface area contributed by atoms with Gasteiger partial charge < -0.3 is 20.4 Å². The fourth-order valence-corrected chi connectivity index (χ4v) is 6.57. The van der Waals surface area contributed by atoms with E-state index in [0.29, 0.717) is 35.3 Å². The van der Waals surface area contributed by atoms with Crippen LogP contribution in [0.25, 0.3) is 11.1 Å². The third kappa shape index (κ3) is 5.97. The molecule has 1 aromatic heterocycles. The SMILES string of the molecule is CCCCc1nc(O)c(S(=O)(=O)c2ccc(-c3ccccc3C(=O)NC)cc2)c(O)c1N(CC)c1cc(C)cc(C)c1. The molecule has 0 saturated heterocycles. The van der Waals surface area contributed by atoms with Gasteiger partial charge in [-0.25, -0.2) is 13.4 Å². The number of carbonyl (C=O) groups is 1. The molecule has 0 radical (unpaired) electrons. The normalized spacial score (nSPS) is 11.4. The third-order valence-electron chi connectivity index (χ3n) is 7.17. The van der Waals surface area contributed by atoms with Crippen molar-refractivity contribution >= 4 is 27.1 Å². The van der Waals surface area contributed by atoms with Crippen LogP contribution in [0.2, 0.25) is 0 Å². The summed E-state index contributed by atoms with van der Waals surface area (Å²) in [6.07, 6.45) is 2.05. The summed E-state index contributed by atoms with van der Waals surface area (Å²) >= 11 is 0. The first kappa shape index (κ1) is 30.6. The summed E-state index contributed by atoms with van der Waals surface area (Å²) in [5.41, 5.74) is 5.26. The van der Waals surface area contributed by atoms with Gasteiger partial charge in [-0.05, 0) is 86.2 Å². The molecule has 0 spiro atoms. The lowest BCUT2D eigenvalue weighted by Gasteiger charge is -2.28. The molecule has 3 aromatic carbocycles. The zero-order valence-corrected chi connectivity index (χ0v) is 25.4. The van der Waals surface area contributed by atoms with E-state index in [-0.39, 0.29) is 16.5 Å². The van der Waals surface area contributed by atoms with Gasteiger partial charge in [-0.3, -0.25) is 4.79 Å². The van der Waals surface area contributed by atoms with Gasteiger partial charge in [0.05, 0.1) is 10.6 Å². The summed E-state index contributed by atoms with van der Waals surface area (Å²) in [7, 11) is -2.85. The van der Waals surface area contributed by atoms with Crippen LogP contribution in [-0.4, -0.2) is 43.1 Å². The van der Waals surface area contributed by atoms with Crippen LogP contribution < -0.4 is 10.2 Å². The highest BCUT2D eigenvalue weighted by Gasteiger charge is 2.33. The van der Waals surface area contributed by atoms with E-state index in [1.165, 1.54) is 12.1 Å². The average molecular weight is 588 g/mol.